The van der Waals surface area contributed by atoms with Gasteiger partial charge in [-0.25, -0.2) is 0 Å². The fourth-order valence-corrected chi connectivity index (χ4v) is 2.32. The van der Waals surface area contributed by atoms with Crippen LogP contribution < -0.4 is 4.74 Å². The van der Waals surface area contributed by atoms with E-state index in [-0.39, 0.29) is 11.5 Å². The summed E-state index contributed by atoms with van der Waals surface area (Å²) in [5.41, 5.74) is 1.93. The molecule has 0 aliphatic carbocycles. The molecule has 4 heteroatoms. The summed E-state index contributed by atoms with van der Waals surface area (Å²) in [6.07, 6.45) is 2.55. The van der Waals surface area contributed by atoms with E-state index in [9.17, 15) is 10.1 Å². The molecule has 1 amide bonds. The molecule has 0 radical (unpaired) electrons. The average Bonchev–Trinajstić information content (AvgIpc) is 2.65. The molecule has 0 aromatic heterocycles. The second-order valence-corrected chi connectivity index (χ2v) is 5.73. The van der Waals surface area contributed by atoms with E-state index >= 15 is 0 Å². The number of likely N-dealkylation sites (N-methyl/N-ethyl adjacent to an activating group) is 1. The highest BCUT2D eigenvalue weighted by molar-refractivity contribution is 6.01. The number of hydrogen-bond donors (Lipinski definition) is 0. The number of amides is 1. The van der Waals surface area contributed by atoms with Gasteiger partial charge in [0, 0.05) is 13.6 Å². The van der Waals surface area contributed by atoms with Gasteiger partial charge in [-0.05, 0) is 35.8 Å². The second kappa shape index (κ2) is 9.29. The van der Waals surface area contributed by atoms with E-state index in [4.69, 9.17) is 4.74 Å². The maximum atomic E-state index is 12.5. The minimum atomic E-state index is -0.294. The van der Waals surface area contributed by atoms with E-state index in [1.165, 1.54) is 0 Å². The van der Waals surface area contributed by atoms with Crippen LogP contribution in [-0.4, -0.2) is 24.5 Å². The highest BCUT2D eigenvalue weighted by atomic mass is 16.5. The van der Waals surface area contributed by atoms with Crippen molar-refractivity contribution in [3.8, 4) is 11.8 Å². The zero-order valence-electron chi connectivity index (χ0n) is 14.6. The summed E-state index contributed by atoms with van der Waals surface area (Å²) in [7, 11) is 1.70. The zero-order chi connectivity index (χ0) is 18.1. The monoisotopic (exact) mass is 334 g/mol. The van der Waals surface area contributed by atoms with E-state index in [1.54, 1.807) is 18.0 Å². The van der Waals surface area contributed by atoms with Crippen molar-refractivity contribution in [2.75, 3.05) is 13.7 Å². The summed E-state index contributed by atoms with van der Waals surface area (Å²) in [6, 6.07) is 19.1. The number of carbonyl (C=O) groups excluding carboxylic acids is 1. The van der Waals surface area contributed by atoms with Gasteiger partial charge < -0.3 is 9.64 Å². The fourth-order valence-electron chi connectivity index (χ4n) is 2.32. The molecule has 0 aliphatic rings. The van der Waals surface area contributed by atoms with Crippen molar-refractivity contribution in [3.63, 3.8) is 0 Å². The Hall–Kier alpha value is -3.06. The third kappa shape index (κ3) is 5.50. The summed E-state index contributed by atoms with van der Waals surface area (Å²) in [5.74, 6) is 0.489. The Balaban J connectivity index is 2.08. The van der Waals surface area contributed by atoms with Crippen LogP contribution in [0.2, 0.25) is 0 Å². The SMILES string of the molecule is CCCOc1ccc(C=C(C#N)C(=O)N(C)Cc2ccccc2)cc1. The number of nitriles is 1. The third-order valence-electron chi connectivity index (χ3n) is 3.62. The summed E-state index contributed by atoms with van der Waals surface area (Å²) < 4.78 is 5.53. The lowest BCUT2D eigenvalue weighted by Crippen LogP contribution is -2.27. The maximum absolute atomic E-state index is 12.5. The average molecular weight is 334 g/mol. The zero-order valence-corrected chi connectivity index (χ0v) is 14.6. The molecule has 2 rings (SSSR count). The first-order valence-corrected chi connectivity index (χ1v) is 8.28. The van der Waals surface area contributed by atoms with Gasteiger partial charge in [-0.2, -0.15) is 5.26 Å². The molecule has 2 aromatic carbocycles. The van der Waals surface area contributed by atoms with E-state index in [0.717, 1.165) is 23.3 Å². The van der Waals surface area contributed by atoms with Crippen molar-refractivity contribution < 1.29 is 9.53 Å². The quantitative estimate of drug-likeness (QED) is 0.567. The molecule has 0 heterocycles. The molecule has 0 N–H and O–H groups in total. The lowest BCUT2D eigenvalue weighted by Gasteiger charge is -2.16. The van der Waals surface area contributed by atoms with E-state index in [1.807, 2.05) is 67.6 Å². The number of benzene rings is 2. The largest absolute Gasteiger partial charge is 0.494 e. The summed E-state index contributed by atoms with van der Waals surface area (Å²) in [6.45, 7) is 3.18. The van der Waals surface area contributed by atoms with Crippen LogP contribution in [0.4, 0.5) is 0 Å². The summed E-state index contributed by atoms with van der Waals surface area (Å²) in [4.78, 5) is 14.0. The molecular formula is C21H22N2O2. The number of hydrogen-bond acceptors (Lipinski definition) is 3. The molecule has 2 aromatic rings. The molecule has 25 heavy (non-hydrogen) atoms. The van der Waals surface area contributed by atoms with Crippen molar-refractivity contribution in [1.82, 2.24) is 4.90 Å². The van der Waals surface area contributed by atoms with E-state index in [0.29, 0.717) is 13.2 Å². The van der Waals surface area contributed by atoms with Gasteiger partial charge in [0.1, 0.15) is 17.4 Å². The van der Waals surface area contributed by atoms with Crippen molar-refractivity contribution >= 4 is 12.0 Å². The van der Waals surface area contributed by atoms with Crippen molar-refractivity contribution in [1.29, 1.82) is 5.26 Å². The Morgan fingerprint density at radius 1 is 1.16 bits per heavy atom. The van der Waals surface area contributed by atoms with Crippen LogP contribution in [0.5, 0.6) is 5.75 Å². The van der Waals surface area contributed by atoms with Crippen LogP contribution in [0.3, 0.4) is 0 Å². The minimum Gasteiger partial charge on any atom is -0.494 e. The van der Waals surface area contributed by atoms with Gasteiger partial charge in [0.15, 0.2) is 0 Å². The number of carbonyl (C=O) groups is 1. The van der Waals surface area contributed by atoms with Crippen LogP contribution in [0.25, 0.3) is 6.08 Å². The predicted octanol–water partition coefficient (Wildman–Crippen LogP) is 4.04. The smallest absolute Gasteiger partial charge is 0.264 e. The Morgan fingerprint density at radius 2 is 1.84 bits per heavy atom. The number of ether oxygens (including phenoxy) is 1. The van der Waals surface area contributed by atoms with Crippen molar-refractivity contribution in [2.45, 2.75) is 19.9 Å². The molecule has 0 saturated carbocycles. The molecule has 4 nitrogen and oxygen atoms in total. The van der Waals surface area contributed by atoms with Crippen LogP contribution in [0.1, 0.15) is 24.5 Å². The molecule has 0 saturated heterocycles. The topological polar surface area (TPSA) is 53.3 Å². The minimum absolute atomic E-state index is 0.112. The standard InChI is InChI=1S/C21H22N2O2/c1-3-13-25-20-11-9-17(10-12-20)14-19(15-22)21(24)23(2)16-18-7-5-4-6-8-18/h4-12,14H,3,13,16H2,1-2H3. The molecule has 0 unspecified atom stereocenters. The first kappa shape index (κ1) is 18.3. The maximum Gasteiger partial charge on any atom is 0.264 e. The molecule has 0 spiro atoms. The van der Waals surface area contributed by atoms with Crippen LogP contribution in [0.15, 0.2) is 60.2 Å². The molecular weight excluding hydrogens is 312 g/mol. The van der Waals surface area contributed by atoms with Gasteiger partial charge >= 0.3 is 0 Å². The van der Waals surface area contributed by atoms with Crippen LogP contribution >= 0.6 is 0 Å². The molecule has 0 fully saturated rings. The molecule has 128 valence electrons. The lowest BCUT2D eigenvalue weighted by molar-refractivity contribution is -0.125. The van der Waals surface area contributed by atoms with Gasteiger partial charge in [-0.1, -0.05) is 49.4 Å². The lowest BCUT2D eigenvalue weighted by atomic mass is 10.1. The first-order valence-electron chi connectivity index (χ1n) is 8.28. The van der Waals surface area contributed by atoms with Crippen molar-refractivity contribution in [3.05, 3.63) is 71.3 Å². The predicted molar refractivity (Wildman–Crippen MR) is 98.7 cm³/mol. The third-order valence-corrected chi connectivity index (χ3v) is 3.62. The molecule has 0 bridgehead atoms. The van der Waals surface area contributed by atoms with Gasteiger partial charge in [0.05, 0.1) is 6.61 Å². The van der Waals surface area contributed by atoms with Crippen LogP contribution in [-0.2, 0) is 11.3 Å². The first-order chi connectivity index (χ1) is 12.1. The summed E-state index contributed by atoms with van der Waals surface area (Å²) >= 11 is 0. The van der Waals surface area contributed by atoms with Gasteiger partial charge in [-0.3, -0.25) is 4.79 Å². The van der Waals surface area contributed by atoms with Gasteiger partial charge in [0.25, 0.3) is 5.91 Å². The Morgan fingerprint density at radius 3 is 2.44 bits per heavy atom. The molecule has 0 atom stereocenters. The Bertz CT molecular complexity index is 759. The van der Waals surface area contributed by atoms with E-state index < -0.39 is 0 Å². The summed E-state index contributed by atoms with van der Waals surface area (Å²) in [5, 5.41) is 9.35. The van der Waals surface area contributed by atoms with Gasteiger partial charge in [-0.15, -0.1) is 0 Å². The van der Waals surface area contributed by atoms with Crippen molar-refractivity contribution in [2.24, 2.45) is 0 Å². The fraction of sp³-hybridized carbons (Fsp3) is 0.238. The molecule has 0 aliphatic heterocycles. The van der Waals surface area contributed by atoms with E-state index in [2.05, 4.69) is 0 Å². The highest BCUT2D eigenvalue weighted by Gasteiger charge is 2.14. The Labute approximate surface area is 149 Å². The van der Waals surface area contributed by atoms with Crippen LogP contribution in [0, 0.1) is 11.3 Å². The highest BCUT2D eigenvalue weighted by Crippen LogP contribution is 2.16. The Kier molecular flexibility index (Phi) is 6.79. The number of nitrogens with zero attached hydrogens (tertiary/aromatic N) is 2. The number of rotatable bonds is 7. The second-order valence-electron chi connectivity index (χ2n) is 5.73. The normalized spacial score (nSPS) is 10.8. The van der Waals surface area contributed by atoms with Gasteiger partial charge in [0.2, 0.25) is 0 Å².